The Morgan fingerprint density at radius 2 is 2.31 bits per heavy atom. The molecule has 1 atom stereocenters. The number of hydrogen-bond acceptors (Lipinski definition) is 1. The van der Waals surface area contributed by atoms with Crippen molar-refractivity contribution in [3.63, 3.8) is 0 Å². The molecule has 1 aliphatic rings. The van der Waals surface area contributed by atoms with Gasteiger partial charge in [-0.05, 0) is 43.5 Å². The fraction of sp³-hybridized carbons (Fsp3) is 0.455. The first kappa shape index (κ1) is 9.22. The third-order valence-electron chi connectivity index (χ3n) is 2.78. The molecule has 70 valence electrons. The van der Waals surface area contributed by atoms with E-state index in [-0.39, 0.29) is 0 Å². The lowest BCUT2D eigenvalue weighted by atomic mass is 9.88. The molecule has 0 aromatic heterocycles. The van der Waals surface area contributed by atoms with E-state index in [0.29, 0.717) is 6.04 Å². The van der Waals surface area contributed by atoms with E-state index in [4.69, 9.17) is 0 Å². The van der Waals surface area contributed by atoms with E-state index < -0.39 is 0 Å². The van der Waals surface area contributed by atoms with Crippen LogP contribution >= 0.6 is 15.9 Å². The van der Waals surface area contributed by atoms with Crippen LogP contribution in [0, 0.1) is 0 Å². The van der Waals surface area contributed by atoms with Gasteiger partial charge in [-0.3, -0.25) is 0 Å². The fourth-order valence-electron chi connectivity index (χ4n) is 2.12. The van der Waals surface area contributed by atoms with Crippen molar-refractivity contribution >= 4 is 15.9 Å². The summed E-state index contributed by atoms with van der Waals surface area (Å²) in [6.45, 7) is 0. The van der Waals surface area contributed by atoms with Gasteiger partial charge >= 0.3 is 0 Å². The first-order valence-electron chi connectivity index (χ1n) is 4.77. The van der Waals surface area contributed by atoms with Gasteiger partial charge in [0.25, 0.3) is 0 Å². The molecule has 0 amide bonds. The molecular formula is C11H14BrN. The predicted molar refractivity (Wildman–Crippen MR) is 58.9 cm³/mol. The van der Waals surface area contributed by atoms with E-state index in [1.165, 1.54) is 34.9 Å². The molecule has 0 heterocycles. The van der Waals surface area contributed by atoms with Crippen LogP contribution < -0.4 is 5.32 Å². The van der Waals surface area contributed by atoms with Crippen LogP contribution in [0.5, 0.6) is 0 Å². The van der Waals surface area contributed by atoms with Crippen molar-refractivity contribution in [1.29, 1.82) is 0 Å². The minimum atomic E-state index is 0.541. The lowest BCUT2D eigenvalue weighted by molar-refractivity contribution is 0.494. The van der Waals surface area contributed by atoms with Gasteiger partial charge in [-0.2, -0.15) is 0 Å². The van der Waals surface area contributed by atoms with E-state index >= 15 is 0 Å². The highest BCUT2D eigenvalue weighted by atomic mass is 79.9. The van der Waals surface area contributed by atoms with Crippen LogP contribution in [0.3, 0.4) is 0 Å². The maximum absolute atomic E-state index is 3.62. The summed E-state index contributed by atoms with van der Waals surface area (Å²) < 4.78 is 1.25. The molecular weight excluding hydrogens is 226 g/mol. The summed E-state index contributed by atoms with van der Waals surface area (Å²) in [5, 5.41) is 3.37. The van der Waals surface area contributed by atoms with Gasteiger partial charge in [-0.15, -0.1) is 0 Å². The molecule has 0 bridgehead atoms. The van der Waals surface area contributed by atoms with E-state index in [9.17, 15) is 0 Å². The number of nitrogens with one attached hydrogen (secondary N) is 1. The third kappa shape index (κ3) is 1.65. The fourth-order valence-corrected chi connectivity index (χ4v) is 2.80. The first-order chi connectivity index (χ1) is 6.33. The van der Waals surface area contributed by atoms with Gasteiger partial charge in [0.1, 0.15) is 0 Å². The zero-order chi connectivity index (χ0) is 9.26. The summed E-state index contributed by atoms with van der Waals surface area (Å²) in [6.07, 6.45) is 3.79. The molecule has 0 spiro atoms. The van der Waals surface area contributed by atoms with Gasteiger partial charge in [0.2, 0.25) is 0 Å². The Morgan fingerprint density at radius 3 is 3.08 bits per heavy atom. The van der Waals surface area contributed by atoms with Gasteiger partial charge in [0, 0.05) is 10.5 Å². The van der Waals surface area contributed by atoms with Crippen LogP contribution in [-0.4, -0.2) is 7.05 Å². The topological polar surface area (TPSA) is 12.0 Å². The van der Waals surface area contributed by atoms with Crippen LogP contribution in [0.4, 0.5) is 0 Å². The summed E-state index contributed by atoms with van der Waals surface area (Å²) in [5.41, 5.74) is 2.97. The quantitative estimate of drug-likeness (QED) is 0.795. The molecule has 2 rings (SSSR count). The second-order valence-electron chi connectivity index (χ2n) is 3.55. The van der Waals surface area contributed by atoms with Crippen LogP contribution in [0.2, 0.25) is 0 Å². The van der Waals surface area contributed by atoms with Gasteiger partial charge < -0.3 is 5.32 Å². The zero-order valence-corrected chi connectivity index (χ0v) is 9.39. The molecule has 2 heteroatoms. The smallest absolute Gasteiger partial charge is 0.0331 e. The third-order valence-corrected chi connectivity index (χ3v) is 3.47. The number of benzene rings is 1. The molecule has 1 aliphatic carbocycles. The number of halogens is 1. The highest BCUT2D eigenvalue weighted by molar-refractivity contribution is 9.10. The van der Waals surface area contributed by atoms with Crippen molar-refractivity contribution in [3.8, 4) is 0 Å². The minimum Gasteiger partial charge on any atom is -0.313 e. The Balaban J connectivity index is 2.47. The average molecular weight is 240 g/mol. The number of fused-ring (bicyclic) bond motifs is 1. The molecule has 0 saturated carbocycles. The first-order valence-corrected chi connectivity index (χ1v) is 5.57. The molecule has 0 aliphatic heterocycles. The minimum absolute atomic E-state index is 0.541. The largest absolute Gasteiger partial charge is 0.313 e. The van der Waals surface area contributed by atoms with Crippen molar-refractivity contribution in [1.82, 2.24) is 5.32 Å². The molecule has 1 unspecified atom stereocenters. The lowest BCUT2D eigenvalue weighted by Crippen LogP contribution is -2.21. The lowest BCUT2D eigenvalue weighted by Gasteiger charge is -2.26. The molecule has 0 fully saturated rings. The highest BCUT2D eigenvalue weighted by Crippen LogP contribution is 2.34. The molecule has 1 aromatic carbocycles. The summed E-state index contributed by atoms with van der Waals surface area (Å²) in [4.78, 5) is 0. The Labute approximate surface area is 87.7 Å². The van der Waals surface area contributed by atoms with Crippen molar-refractivity contribution < 1.29 is 0 Å². The maximum Gasteiger partial charge on any atom is 0.0331 e. The highest BCUT2D eigenvalue weighted by Gasteiger charge is 2.20. The van der Waals surface area contributed by atoms with Gasteiger partial charge in [-0.1, -0.05) is 28.1 Å². The SMILES string of the molecule is CNC1CCCc2cccc(Br)c21. The Kier molecular flexibility index (Phi) is 2.70. The zero-order valence-electron chi connectivity index (χ0n) is 7.81. The van der Waals surface area contributed by atoms with Crippen LogP contribution in [0.15, 0.2) is 22.7 Å². The van der Waals surface area contributed by atoms with Crippen molar-refractivity contribution in [2.75, 3.05) is 7.05 Å². The molecule has 0 saturated heterocycles. The Hall–Kier alpha value is -0.340. The maximum atomic E-state index is 3.62. The predicted octanol–water partition coefficient (Wildman–Crippen LogP) is 3.05. The second kappa shape index (κ2) is 3.81. The van der Waals surface area contributed by atoms with E-state index in [1.54, 1.807) is 0 Å². The van der Waals surface area contributed by atoms with Gasteiger partial charge in [0.15, 0.2) is 0 Å². The summed E-state index contributed by atoms with van der Waals surface area (Å²) in [7, 11) is 2.04. The monoisotopic (exact) mass is 239 g/mol. The average Bonchev–Trinajstić information content (AvgIpc) is 2.17. The summed E-state index contributed by atoms with van der Waals surface area (Å²) >= 11 is 3.62. The van der Waals surface area contributed by atoms with E-state index in [2.05, 4.69) is 39.4 Å². The Bertz CT molecular complexity index is 309. The van der Waals surface area contributed by atoms with Crippen LogP contribution in [0.1, 0.15) is 30.0 Å². The van der Waals surface area contributed by atoms with Crippen molar-refractivity contribution in [2.24, 2.45) is 0 Å². The second-order valence-corrected chi connectivity index (χ2v) is 4.40. The van der Waals surface area contributed by atoms with Gasteiger partial charge in [-0.25, -0.2) is 0 Å². The van der Waals surface area contributed by atoms with Crippen molar-refractivity contribution in [2.45, 2.75) is 25.3 Å². The summed E-state index contributed by atoms with van der Waals surface area (Å²) in [5.74, 6) is 0. The van der Waals surface area contributed by atoms with E-state index in [1.807, 2.05) is 7.05 Å². The standard InChI is InChI=1S/C11H14BrN/c1-13-10-7-3-5-8-4-2-6-9(12)11(8)10/h2,4,6,10,13H,3,5,7H2,1H3. The number of rotatable bonds is 1. The molecule has 1 aromatic rings. The molecule has 1 nitrogen and oxygen atoms in total. The number of hydrogen-bond donors (Lipinski definition) is 1. The van der Waals surface area contributed by atoms with E-state index in [0.717, 1.165) is 0 Å². The van der Waals surface area contributed by atoms with Gasteiger partial charge in [0.05, 0.1) is 0 Å². The summed E-state index contributed by atoms with van der Waals surface area (Å²) in [6, 6.07) is 7.04. The molecule has 13 heavy (non-hydrogen) atoms. The van der Waals surface area contributed by atoms with Crippen LogP contribution in [0.25, 0.3) is 0 Å². The van der Waals surface area contributed by atoms with Crippen molar-refractivity contribution in [3.05, 3.63) is 33.8 Å². The number of aryl methyl sites for hydroxylation is 1. The Morgan fingerprint density at radius 1 is 1.46 bits per heavy atom. The normalized spacial score (nSPS) is 21.2. The van der Waals surface area contributed by atoms with Crippen LogP contribution in [-0.2, 0) is 6.42 Å². The molecule has 0 radical (unpaired) electrons. The molecule has 1 N–H and O–H groups in total.